The molecule has 0 aliphatic heterocycles. The van der Waals surface area contributed by atoms with E-state index in [4.69, 9.17) is 0 Å². The van der Waals surface area contributed by atoms with Crippen LogP contribution in [0.1, 0.15) is 99.5 Å². The number of anilines is 1. The fourth-order valence-corrected chi connectivity index (χ4v) is 6.03. The molecule has 3 aliphatic carbocycles. The SMILES string of the molecule is CC(C)(C)C#Cc1cc(N(C(=O)C2CCC3(CC2)CC3)C2CCC(O)CC2)c(C(=O)O)s1. The van der Waals surface area contributed by atoms with Crippen LogP contribution in [-0.2, 0) is 4.79 Å². The molecule has 4 rings (SSSR count). The van der Waals surface area contributed by atoms with E-state index in [-0.39, 0.29) is 34.3 Å². The number of carbonyl (C=O) groups excluding carboxylic acids is 1. The summed E-state index contributed by atoms with van der Waals surface area (Å²) >= 11 is 1.16. The van der Waals surface area contributed by atoms with Crippen LogP contribution in [0.4, 0.5) is 5.69 Å². The van der Waals surface area contributed by atoms with Crippen molar-refractivity contribution in [3.63, 3.8) is 0 Å². The summed E-state index contributed by atoms with van der Waals surface area (Å²) in [4.78, 5) is 28.7. The number of carbonyl (C=O) groups is 2. The molecule has 3 aliphatic rings. The van der Waals surface area contributed by atoms with E-state index < -0.39 is 5.97 Å². The Morgan fingerprint density at radius 3 is 2.22 bits per heavy atom. The Morgan fingerprint density at radius 2 is 1.69 bits per heavy atom. The van der Waals surface area contributed by atoms with E-state index >= 15 is 0 Å². The van der Waals surface area contributed by atoms with E-state index in [1.165, 1.54) is 12.8 Å². The molecule has 1 spiro atoms. The molecule has 1 heterocycles. The zero-order chi connectivity index (χ0) is 23.1. The lowest BCUT2D eigenvalue weighted by Crippen LogP contribution is -2.47. The fourth-order valence-electron chi connectivity index (χ4n) is 5.19. The lowest BCUT2D eigenvalue weighted by molar-refractivity contribution is -0.124. The first-order valence-electron chi connectivity index (χ1n) is 12.0. The Balaban J connectivity index is 1.67. The van der Waals surface area contributed by atoms with Crippen LogP contribution in [0.3, 0.4) is 0 Å². The molecular formula is C26H35NO4S. The highest BCUT2D eigenvalue weighted by Gasteiger charge is 2.47. The van der Waals surface area contributed by atoms with Gasteiger partial charge in [0, 0.05) is 17.4 Å². The standard InChI is InChI=1S/C26H35NO4S/c1-25(2,3)11-10-20-16-21(22(32-20)24(30)31)27(18-4-6-19(28)7-5-18)23(29)17-8-12-26(13-9-17)14-15-26/h16-19,28H,4-9,12-15H2,1-3H3,(H,30,31). The smallest absolute Gasteiger partial charge is 0.348 e. The van der Waals surface area contributed by atoms with Gasteiger partial charge in [0.25, 0.3) is 0 Å². The van der Waals surface area contributed by atoms with Crippen LogP contribution in [0.2, 0.25) is 0 Å². The number of amides is 1. The zero-order valence-electron chi connectivity index (χ0n) is 19.4. The highest BCUT2D eigenvalue weighted by atomic mass is 32.1. The summed E-state index contributed by atoms with van der Waals surface area (Å²) in [5.41, 5.74) is 0.809. The average molecular weight is 458 g/mol. The number of carboxylic acids is 1. The molecule has 1 aromatic heterocycles. The van der Waals surface area contributed by atoms with Gasteiger partial charge in [-0.05, 0) is 96.5 Å². The topological polar surface area (TPSA) is 77.8 Å². The van der Waals surface area contributed by atoms with Gasteiger partial charge >= 0.3 is 5.97 Å². The van der Waals surface area contributed by atoms with Gasteiger partial charge in [-0.3, -0.25) is 4.79 Å². The van der Waals surface area contributed by atoms with Crippen LogP contribution in [0.25, 0.3) is 0 Å². The minimum absolute atomic E-state index is 0.0428. The number of thiophene rings is 1. The maximum absolute atomic E-state index is 13.9. The van der Waals surface area contributed by atoms with Gasteiger partial charge in [-0.25, -0.2) is 4.79 Å². The summed E-state index contributed by atoms with van der Waals surface area (Å²) in [5.74, 6) is 5.32. The van der Waals surface area contributed by atoms with Gasteiger partial charge in [-0.15, -0.1) is 11.3 Å². The van der Waals surface area contributed by atoms with Gasteiger partial charge in [0.05, 0.1) is 16.7 Å². The summed E-state index contributed by atoms with van der Waals surface area (Å²) in [6, 6.07) is 1.74. The first-order chi connectivity index (χ1) is 15.1. The van der Waals surface area contributed by atoms with Crippen LogP contribution < -0.4 is 4.90 Å². The lowest BCUT2D eigenvalue weighted by atomic mass is 9.78. The summed E-state index contributed by atoms with van der Waals surface area (Å²) in [6.45, 7) is 6.06. The molecular weight excluding hydrogens is 422 g/mol. The van der Waals surface area contributed by atoms with Crippen LogP contribution in [0.15, 0.2) is 6.07 Å². The van der Waals surface area contributed by atoms with Crippen molar-refractivity contribution in [2.75, 3.05) is 4.90 Å². The van der Waals surface area contributed by atoms with Crippen molar-refractivity contribution in [1.29, 1.82) is 0 Å². The molecule has 2 N–H and O–H groups in total. The second-order valence-electron chi connectivity index (χ2n) is 11.1. The van der Waals surface area contributed by atoms with Crippen molar-refractivity contribution in [1.82, 2.24) is 0 Å². The monoisotopic (exact) mass is 457 g/mol. The Kier molecular flexibility index (Phi) is 6.44. The van der Waals surface area contributed by atoms with E-state index in [9.17, 15) is 19.8 Å². The Hall–Kier alpha value is -1.84. The van der Waals surface area contributed by atoms with Crippen molar-refractivity contribution < 1.29 is 19.8 Å². The number of aliphatic hydroxyl groups is 1. The molecule has 5 nitrogen and oxygen atoms in total. The molecule has 0 atom stereocenters. The number of aromatic carboxylic acids is 1. The lowest BCUT2D eigenvalue weighted by Gasteiger charge is -2.39. The number of hydrogen-bond acceptors (Lipinski definition) is 4. The predicted molar refractivity (Wildman–Crippen MR) is 127 cm³/mol. The number of carboxylic acid groups (broad SMARTS) is 1. The highest BCUT2D eigenvalue weighted by Crippen LogP contribution is 2.57. The summed E-state index contributed by atoms with van der Waals surface area (Å²) in [7, 11) is 0. The molecule has 1 amide bonds. The van der Waals surface area contributed by atoms with E-state index in [1.807, 2.05) is 20.8 Å². The molecule has 0 bridgehead atoms. The average Bonchev–Trinajstić information content (AvgIpc) is 3.34. The number of nitrogens with zero attached hydrogens (tertiary/aromatic N) is 1. The van der Waals surface area contributed by atoms with Crippen molar-refractivity contribution in [2.24, 2.45) is 16.7 Å². The van der Waals surface area contributed by atoms with Crippen molar-refractivity contribution in [3.8, 4) is 11.8 Å². The van der Waals surface area contributed by atoms with Gasteiger partial charge < -0.3 is 15.1 Å². The van der Waals surface area contributed by atoms with Gasteiger partial charge in [-0.1, -0.05) is 11.8 Å². The fraction of sp³-hybridized carbons (Fsp3) is 0.692. The third kappa shape index (κ3) is 5.21. The Labute approximate surface area is 195 Å². The molecule has 174 valence electrons. The number of rotatable bonds is 4. The van der Waals surface area contributed by atoms with E-state index in [0.29, 0.717) is 41.7 Å². The maximum atomic E-state index is 13.9. The molecule has 3 saturated carbocycles. The second-order valence-corrected chi connectivity index (χ2v) is 12.1. The third-order valence-electron chi connectivity index (χ3n) is 7.35. The summed E-state index contributed by atoms with van der Waals surface area (Å²) in [5, 5.41) is 20.0. The minimum atomic E-state index is -1.01. The molecule has 0 saturated heterocycles. The van der Waals surface area contributed by atoms with Crippen LogP contribution in [0.5, 0.6) is 0 Å². The number of hydrogen-bond donors (Lipinski definition) is 2. The molecule has 1 aromatic rings. The van der Waals surface area contributed by atoms with E-state index in [0.717, 1.165) is 37.0 Å². The zero-order valence-corrected chi connectivity index (χ0v) is 20.3. The van der Waals surface area contributed by atoms with Crippen molar-refractivity contribution in [3.05, 3.63) is 15.8 Å². The van der Waals surface area contributed by atoms with Gasteiger partial charge in [-0.2, -0.15) is 0 Å². The van der Waals surface area contributed by atoms with E-state index in [2.05, 4.69) is 11.8 Å². The Bertz CT molecular complexity index is 925. The van der Waals surface area contributed by atoms with Gasteiger partial charge in [0.1, 0.15) is 4.88 Å². The van der Waals surface area contributed by atoms with Gasteiger partial charge in [0.15, 0.2) is 0 Å². The van der Waals surface area contributed by atoms with Crippen molar-refractivity contribution >= 4 is 28.9 Å². The van der Waals surface area contributed by atoms with Crippen LogP contribution in [0, 0.1) is 28.6 Å². The normalized spacial score (nSPS) is 25.1. The minimum Gasteiger partial charge on any atom is -0.477 e. The van der Waals surface area contributed by atoms with Crippen LogP contribution in [-0.4, -0.2) is 34.2 Å². The highest BCUT2D eigenvalue weighted by molar-refractivity contribution is 7.15. The first-order valence-corrected chi connectivity index (χ1v) is 12.8. The van der Waals surface area contributed by atoms with E-state index in [1.54, 1.807) is 11.0 Å². The van der Waals surface area contributed by atoms with Crippen LogP contribution >= 0.6 is 11.3 Å². The summed E-state index contributed by atoms with van der Waals surface area (Å²) in [6.07, 6.45) is 8.95. The number of aliphatic hydroxyl groups excluding tert-OH is 1. The Morgan fingerprint density at radius 1 is 1.06 bits per heavy atom. The summed E-state index contributed by atoms with van der Waals surface area (Å²) < 4.78 is 0. The maximum Gasteiger partial charge on any atom is 0.348 e. The van der Waals surface area contributed by atoms with Crippen molar-refractivity contribution in [2.45, 2.75) is 97.1 Å². The van der Waals surface area contributed by atoms with Gasteiger partial charge in [0.2, 0.25) is 5.91 Å². The molecule has 6 heteroatoms. The molecule has 32 heavy (non-hydrogen) atoms. The molecule has 3 fully saturated rings. The predicted octanol–water partition coefficient (Wildman–Crippen LogP) is 5.45. The second kappa shape index (κ2) is 8.83. The largest absolute Gasteiger partial charge is 0.477 e. The third-order valence-corrected chi connectivity index (χ3v) is 8.38. The molecule has 0 radical (unpaired) electrons. The molecule has 0 aromatic carbocycles. The molecule has 0 unspecified atom stereocenters. The first kappa shape index (κ1) is 23.3. The quantitative estimate of drug-likeness (QED) is 0.589.